The van der Waals surface area contributed by atoms with Crippen molar-refractivity contribution in [1.29, 1.82) is 0 Å². The number of halogens is 2. The number of fused-ring (bicyclic) bond motifs is 1. The molecule has 2 saturated heterocycles. The molecule has 0 aromatic heterocycles. The molecule has 31 heavy (non-hydrogen) atoms. The second-order valence-electron chi connectivity index (χ2n) is 7.03. The molecule has 2 aromatic carbocycles. The Labute approximate surface area is 198 Å². The summed E-state index contributed by atoms with van der Waals surface area (Å²) in [7, 11) is 0. The molecule has 2 aliphatic rings. The highest BCUT2D eigenvalue weighted by Gasteiger charge is 2.50. The third-order valence-electron chi connectivity index (χ3n) is 5.07. The van der Waals surface area contributed by atoms with Crippen molar-refractivity contribution < 1.29 is 18.9 Å². The number of hydrogen-bond acceptors (Lipinski definition) is 6. The molecule has 2 aliphatic heterocycles. The Kier molecular flexibility index (Phi) is 7.79. The lowest BCUT2D eigenvalue weighted by Gasteiger charge is -2.48. The lowest BCUT2D eigenvalue weighted by molar-refractivity contribution is -0.300. The molecule has 2 fully saturated rings. The van der Waals surface area contributed by atoms with Crippen molar-refractivity contribution in [3.05, 3.63) is 74.0 Å². The molecule has 0 spiro atoms. The summed E-state index contributed by atoms with van der Waals surface area (Å²) in [6, 6.07) is 14.8. The predicted molar refractivity (Wildman–Crippen MR) is 122 cm³/mol. The number of ether oxygens (including phenoxy) is 4. The van der Waals surface area contributed by atoms with E-state index in [1.165, 1.54) is 11.8 Å². The van der Waals surface area contributed by atoms with Crippen molar-refractivity contribution in [2.24, 2.45) is 5.11 Å². The molecule has 0 aliphatic carbocycles. The minimum atomic E-state index is -0.567. The monoisotopic (exact) mass is 525 g/mol. The fourth-order valence-corrected chi connectivity index (χ4v) is 5.35. The van der Waals surface area contributed by atoms with Crippen molar-refractivity contribution in [1.82, 2.24) is 0 Å². The maximum Gasteiger partial charge on any atom is 0.184 e. The van der Waals surface area contributed by atoms with Crippen LogP contribution in [0.2, 0.25) is 5.02 Å². The summed E-state index contributed by atoms with van der Waals surface area (Å²) in [5, 5.41) is 4.67. The number of benzene rings is 2. The van der Waals surface area contributed by atoms with E-state index in [1.54, 1.807) is 0 Å². The van der Waals surface area contributed by atoms with Crippen LogP contribution in [0.15, 0.2) is 63.0 Å². The fourth-order valence-electron chi connectivity index (χ4n) is 3.69. The Morgan fingerprint density at radius 2 is 2.06 bits per heavy atom. The summed E-state index contributed by atoms with van der Waals surface area (Å²) in [5.74, 6) is 0. The van der Waals surface area contributed by atoms with Gasteiger partial charge in [0.25, 0.3) is 0 Å². The first-order chi connectivity index (χ1) is 15.1. The van der Waals surface area contributed by atoms with Gasteiger partial charge in [0.15, 0.2) is 6.29 Å². The quantitative estimate of drug-likeness (QED) is 0.257. The van der Waals surface area contributed by atoms with E-state index in [9.17, 15) is 5.53 Å². The highest BCUT2D eigenvalue weighted by molar-refractivity contribution is 9.10. The van der Waals surface area contributed by atoms with Gasteiger partial charge in [0, 0.05) is 26.5 Å². The van der Waals surface area contributed by atoms with Crippen molar-refractivity contribution in [3.8, 4) is 0 Å². The van der Waals surface area contributed by atoms with Crippen LogP contribution in [0.3, 0.4) is 0 Å². The Morgan fingerprint density at radius 1 is 1.26 bits per heavy atom. The Morgan fingerprint density at radius 3 is 2.77 bits per heavy atom. The molecular formula is C21H21BrClN3O4S. The predicted octanol–water partition coefficient (Wildman–Crippen LogP) is 6.12. The van der Waals surface area contributed by atoms with Crippen LogP contribution in [0.25, 0.3) is 10.4 Å². The van der Waals surface area contributed by atoms with E-state index in [0.29, 0.717) is 18.2 Å². The topological polar surface area (TPSA) is 85.7 Å². The normalized spacial score (nSPS) is 30.3. The largest absolute Gasteiger partial charge is 0.374 e. The lowest BCUT2D eigenvalue weighted by atomic mass is 9.96. The fraction of sp³-hybridized carbons (Fsp3) is 0.429. The van der Waals surface area contributed by atoms with Gasteiger partial charge in [-0.25, -0.2) is 0 Å². The summed E-state index contributed by atoms with van der Waals surface area (Å²) < 4.78 is 25.3. The first kappa shape index (κ1) is 22.9. The highest BCUT2D eigenvalue weighted by atomic mass is 79.9. The molecule has 4 unspecified atom stereocenters. The number of hydrogen-bond donors (Lipinski definition) is 0. The van der Waals surface area contributed by atoms with E-state index in [1.807, 2.05) is 55.5 Å². The molecule has 2 heterocycles. The third-order valence-corrected chi connectivity index (χ3v) is 7.44. The molecule has 0 bridgehead atoms. The van der Waals surface area contributed by atoms with Crippen molar-refractivity contribution >= 4 is 39.3 Å². The zero-order valence-electron chi connectivity index (χ0n) is 16.6. The number of nitrogens with zero attached hydrogens (tertiary/aromatic N) is 3. The van der Waals surface area contributed by atoms with Crippen LogP contribution in [0.5, 0.6) is 0 Å². The van der Waals surface area contributed by atoms with Gasteiger partial charge in [-0.2, -0.15) is 0 Å². The van der Waals surface area contributed by atoms with Crippen molar-refractivity contribution in [2.45, 2.75) is 47.9 Å². The van der Waals surface area contributed by atoms with Gasteiger partial charge in [-0.3, -0.25) is 0 Å². The van der Waals surface area contributed by atoms with Crippen LogP contribution in [0, 0.1) is 0 Å². The maximum absolute atomic E-state index is 9.27. The van der Waals surface area contributed by atoms with Gasteiger partial charge in [-0.05, 0) is 46.6 Å². The lowest BCUT2D eigenvalue weighted by Crippen LogP contribution is -2.60. The summed E-state index contributed by atoms with van der Waals surface area (Å²) in [4.78, 5) is 4.00. The number of azide groups is 1. The highest BCUT2D eigenvalue weighted by Crippen LogP contribution is 2.42. The smallest absolute Gasteiger partial charge is 0.184 e. The van der Waals surface area contributed by atoms with Crippen LogP contribution in [-0.2, 0) is 18.9 Å². The molecular weight excluding hydrogens is 506 g/mol. The van der Waals surface area contributed by atoms with Gasteiger partial charge in [-0.1, -0.05) is 58.8 Å². The maximum atomic E-state index is 9.27. The first-order valence-corrected chi connectivity index (χ1v) is 11.9. The average Bonchev–Trinajstić information content (AvgIpc) is 2.79. The first-order valence-electron chi connectivity index (χ1n) is 9.85. The van der Waals surface area contributed by atoms with E-state index >= 15 is 0 Å². The van der Waals surface area contributed by atoms with Crippen LogP contribution in [0.1, 0.15) is 18.8 Å². The van der Waals surface area contributed by atoms with E-state index in [4.69, 9.17) is 30.5 Å². The van der Waals surface area contributed by atoms with Crippen molar-refractivity contribution in [2.75, 3.05) is 13.2 Å². The van der Waals surface area contributed by atoms with Crippen LogP contribution >= 0.6 is 39.3 Å². The summed E-state index contributed by atoms with van der Waals surface area (Å²) in [6.07, 6.45) is -1.93. The van der Waals surface area contributed by atoms with Gasteiger partial charge in [0.2, 0.25) is 0 Å². The number of thioether (sulfide) groups is 1. The Bertz CT molecular complexity index is 949. The van der Waals surface area contributed by atoms with E-state index in [0.717, 1.165) is 14.9 Å². The molecule has 0 saturated carbocycles. The van der Waals surface area contributed by atoms with Gasteiger partial charge in [0.1, 0.15) is 23.7 Å². The van der Waals surface area contributed by atoms with Gasteiger partial charge >= 0.3 is 0 Å². The van der Waals surface area contributed by atoms with E-state index in [2.05, 4.69) is 26.0 Å². The van der Waals surface area contributed by atoms with Crippen LogP contribution < -0.4 is 0 Å². The second kappa shape index (κ2) is 10.6. The summed E-state index contributed by atoms with van der Waals surface area (Å²) in [6.45, 7) is 2.66. The second-order valence-corrected chi connectivity index (χ2v) is 9.46. The number of rotatable bonds is 6. The third kappa shape index (κ3) is 5.21. The zero-order chi connectivity index (χ0) is 21.8. The minimum Gasteiger partial charge on any atom is -0.374 e. The van der Waals surface area contributed by atoms with E-state index in [-0.39, 0.29) is 0 Å². The Balaban J connectivity index is 1.59. The molecule has 10 heteroatoms. The van der Waals surface area contributed by atoms with Gasteiger partial charge < -0.3 is 18.9 Å². The molecule has 0 amide bonds. The molecule has 6 atom stereocenters. The summed E-state index contributed by atoms with van der Waals surface area (Å²) in [5.41, 5.74) is 9.74. The molecule has 4 rings (SSSR count). The van der Waals surface area contributed by atoms with E-state index < -0.39 is 36.1 Å². The van der Waals surface area contributed by atoms with Crippen molar-refractivity contribution in [3.63, 3.8) is 0 Å². The van der Waals surface area contributed by atoms with Crippen LogP contribution in [-0.4, -0.2) is 43.0 Å². The molecule has 0 N–H and O–H groups in total. The Hall–Kier alpha value is -1.29. The standard InChI is InChI=1S/C21H21BrClN3O4S/c1-2-27-19-17(25-26-24)18-16(11-28-20(30-18)12-6-4-3-5-7-12)29-21(19)31-13-8-9-14(22)15(23)10-13/h3-10,16-21H,2,11H2,1H3/t16?,17?,18-,19?,20?,21+/m0/s1. The molecule has 7 nitrogen and oxygen atoms in total. The SMILES string of the molecule is CCOC1C(N=[N+]=[N-])[C@H]2OC(c3ccccc3)OCC2O[C@@H]1Sc1ccc(Br)c(Cl)c1. The minimum absolute atomic E-state index is 0.318. The van der Waals surface area contributed by atoms with Gasteiger partial charge in [0.05, 0.1) is 17.7 Å². The van der Waals surface area contributed by atoms with Gasteiger partial charge in [-0.15, -0.1) is 0 Å². The molecule has 0 radical (unpaired) electrons. The van der Waals surface area contributed by atoms with Crippen LogP contribution in [0.4, 0.5) is 0 Å². The summed E-state index contributed by atoms with van der Waals surface area (Å²) >= 11 is 11.1. The molecule has 164 valence electrons. The average molecular weight is 527 g/mol. The molecule has 2 aromatic rings. The zero-order valence-corrected chi connectivity index (χ0v) is 19.8.